The number of hydrogen-bond acceptors (Lipinski definition) is 1. The summed E-state index contributed by atoms with van der Waals surface area (Å²) < 4.78 is 14.1. The third-order valence-electron chi connectivity index (χ3n) is 4.27. The zero-order chi connectivity index (χ0) is 16.1. The summed E-state index contributed by atoms with van der Waals surface area (Å²) in [6.45, 7) is 2.10. The van der Waals surface area contributed by atoms with Crippen LogP contribution in [0, 0.1) is 0 Å². The molecule has 0 amide bonds. The van der Waals surface area contributed by atoms with E-state index in [1.54, 1.807) is 0 Å². The van der Waals surface area contributed by atoms with E-state index in [-0.39, 0.29) is 5.66 Å². The van der Waals surface area contributed by atoms with Gasteiger partial charge >= 0.3 is 0 Å². The van der Waals surface area contributed by atoms with Crippen LogP contribution in [0.25, 0.3) is 0 Å². The lowest BCUT2D eigenvalue weighted by Crippen LogP contribution is -2.25. The Morgan fingerprint density at radius 3 is 1.52 bits per heavy atom. The Bertz CT molecular complexity index is 738. The maximum Gasteiger partial charge on any atom is 0.146 e. The van der Waals surface area contributed by atoms with Gasteiger partial charge in [-0.1, -0.05) is 97.9 Å². The maximum absolute atomic E-state index is 14.1. The van der Waals surface area contributed by atoms with Crippen LogP contribution in [0.3, 0.4) is 0 Å². The standard InChI is InChI=1S/C21H21OP/c1-18(17-19-11-5-2-6-12-19)23(22,20-13-7-3-8-14-20)21-15-9-4-10-16-21/h2-16,18H,17H2,1H3. The zero-order valence-electron chi connectivity index (χ0n) is 13.3. The zero-order valence-corrected chi connectivity index (χ0v) is 14.2. The first-order chi connectivity index (χ1) is 11.2. The topological polar surface area (TPSA) is 17.1 Å². The minimum Gasteiger partial charge on any atom is -0.313 e. The predicted octanol–water partition coefficient (Wildman–Crippen LogP) is 4.63. The summed E-state index contributed by atoms with van der Waals surface area (Å²) in [6, 6.07) is 30.1. The van der Waals surface area contributed by atoms with Gasteiger partial charge in [0, 0.05) is 16.3 Å². The molecule has 116 valence electrons. The number of rotatable bonds is 5. The van der Waals surface area contributed by atoms with Gasteiger partial charge < -0.3 is 4.57 Å². The second-order valence-corrected chi connectivity index (χ2v) is 9.10. The molecule has 0 radical (unpaired) electrons. The largest absolute Gasteiger partial charge is 0.313 e. The normalized spacial score (nSPS) is 12.7. The van der Waals surface area contributed by atoms with E-state index in [9.17, 15) is 4.57 Å². The molecule has 0 aromatic heterocycles. The number of hydrogen-bond donors (Lipinski definition) is 0. The molecule has 0 aliphatic heterocycles. The highest BCUT2D eigenvalue weighted by molar-refractivity contribution is 7.79. The Morgan fingerprint density at radius 2 is 1.09 bits per heavy atom. The molecule has 0 aliphatic rings. The van der Waals surface area contributed by atoms with Crippen LogP contribution in [-0.2, 0) is 11.0 Å². The van der Waals surface area contributed by atoms with Crippen molar-refractivity contribution in [1.82, 2.24) is 0 Å². The molecule has 0 N–H and O–H groups in total. The molecule has 0 bridgehead atoms. The van der Waals surface area contributed by atoms with Gasteiger partial charge in [0.15, 0.2) is 0 Å². The fourth-order valence-electron chi connectivity index (χ4n) is 3.04. The number of benzene rings is 3. The second kappa shape index (κ2) is 6.98. The SMILES string of the molecule is CC(Cc1ccccc1)P(=O)(c1ccccc1)c1ccccc1. The molecule has 0 fully saturated rings. The van der Waals surface area contributed by atoms with E-state index in [1.165, 1.54) is 5.56 Å². The van der Waals surface area contributed by atoms with Crippen LogP contribution in [0.5, 0.6) is 0 Å². The van der Waals surface area contributed by atoms with Crippen molar-refractivity contribution in [1.29, 1.82) is 0 Å². The summed E-state index contributed by atoms with van der Waals surface area (Å²) in [5.41, 5.74) is 1.28. The molecule has 0 saturated heterocycles. The van der Waals surface area contributed by atoms with Crippen molar-refractivity contribution in [2.75, 3.05) is 0 Å². The Labute approximate surface area is 138 Å². The van der Waals surface area contributed by atoms with Crippen molar-refractivity contribution in [2.45, 2.75) is 19.0 Å². The first-order valence-electron chi connectivity index (χ1n) is 7.96. The molecule has 2 heteroatoms. The fourth-order valence-corrected chi connectivity index (χ4v) is 6.05. The van der Waals surface area contributed by atoms with Gasteiger partial charge in [-0.05, 0) is 12.0 Å². The molecular weight excluding hydrogens is 299 g/mol. The summed E-state index contributed by atoms with van der Waals surface area (Å²) in [4.78, 5) is 0. The average Bonchev–Trinajstić information content (AvgIpc) is 2.63. The molecule has 0 saturated carbocycles. The third-order valence-corrected chi connectivity index (χ3v) is 7.83. The van der Waals surface area contributed by atoms with E-state index in [0.717, 1.165) is 17.0 Å². The van der Waals surface area contributed by atoms with Gasteiger partial charge in [0.05, 0.1) is 0 Å². The Hall–Kier alpha value is -2.11. The highest BCUT2D eigenvalue weighted by Crippen LogP contribution is 2.49. The monoisotopic (exact) mass is 320 g/mol. The summed E-state index contributed by atoms with van der Waals surface area (Å²) in [5, 5.41) is 1.88. The first kappa shape index (κ1) is 15.8. The molecule has 3 rings (SSSR count). The van der Waals surface area contributed by atoms with Crippen molar-refractivity contribution in [2.24, 2.45) is 0 Å². The molecule has 23 heavy (non-hydrogen) atoms. The van der Waals surface area contributed by atoms with E-state index in [0.29, 0.717) is 0 Å². The summed E-state index contributed by atoms with van der Waals surface area (Å²) in [5.74, 6) is 0. The fraction of sp³-hybridized carbons (Fsp3) is 0.143. The van der Waals surface area contributed by atoms with Crippen molar-refractivity contribution < 1.29 is 4.57 Å². The van der Waals surface area contributed by atoms with Gasteiger partial charge in [0.1, 0.15) is 7.14 Å². The quantitative estimate of drug-likeness (QED) is 0.626. The van der Waals surface area contributed by atoms with Crippen LogP contribution < -0.4 is 10.6 Å². The Balaban J connectivity index is 2.04. The predicted molar refractivity (Wildman–Crippen MR) is 99.4 cm³/mol. The van der Waals surface area contributed by atoms with Gasteiger partial charge in [0.25, 0.3) is 0 Å². The first-order valence-corrected chi connectivity index (χ1v) is 9.74. The minimum absolute atomic E-state index is 0.0506. The van der Waals surface area contributed by atoms with E-state index in [4.69, 9.17) is 0 Å². The summed E-state index contributed by atoms with van der Waals surface area (Å²) in [7, 11) is -2.68. The van der Waals surface area contributed by atoms with E-state index in [1.807, 2.05) is 78.9 Å². The molecule has 1 unspecified atom stereocenters. The molecule has 0 aliphatic carbocycles. The Morgan fingerprint density at radius 1 is 0.696 bits per heavy atom. The van der Waals surface area contributed by atoms with Gasteiger partial charge in [-0.15, -0.1) is 0 Å². The van der Waals surface area contributed by atoms with Crippen molar-refractivity contribution in [3.8, 4) is 0 Å². The molecule has 1 atom stereocenters. The van der Waals surface area contributed by atoms with Crippen molar-refractivity contribution in [3.05, 3.63) is 96.6 Å². The molecule has 3 aromatic carbocycles. The van der Waals surface area contributed by atoms with Gasteiger partial charge in [0.2, 0.25) is 0 Å². The van der Waals surface area contributed by atoms with Crippen LogP contribution >= 0.6 is 7.14 Å². The molecule has 0 spiro atoms. The molecule has 0 heterocycles. The lowest BCUT2D eigenvalue weighted by molar-refractivity contribution is 0.578. The van der Waals surface area contributed by atoms with Crippen LogP contribution in [0.15, 0.2) is 91.0 Å². The molecular formula is C21H21OP. The lowest BCUT2D eigenvalue weighted by atomic mass is 10.1. The minimum atomic E-state index is -2.68. The maximum atomic E-state index is 14.1. The second-order valence-electron chi connectivity index (χ2n) is 5.87. The van der Waals surface area contributed by atoms with Gasteiger partial charge in [-0.2, -0.15) is 0 Å². The van der Waals surface area contributed by atoms with E-state index in [2.05, 4.69) is 19.1 Å². The Kier molecular flexibility index (Phi) is 4.79. The van der Waals surface area contributed by atoms with Crippen LogP contribution in [0.2, 0.25) is 0 Å². The van der Waals surface area contributed by atoms with Crippen molar-refractivity contribution >= 4 is 17.8 Å². The van der Waals surface area contributed by atoms with Crippen LogP contribution in [0.4, 0.5) is 0 Å². The van der Waals surface area contributed by atoms with E-state index < -0.39 is 7.14 Å². The molecule has 3 aromatic rings. The highest BCUT2D eigenvalue weighted by atomic mass is 31.2. The van der Waals surface area contributed by atoms with E-state index >= 15 is 0 Å². The average molecular weight is 320 g/mol. The molecule has 1 nitrogen and oxygen atoms in total. The lowest BCUT2D eigenvalue weighted by Gasteiger charge is -2.26. The summed E-state index contributed by atoms with van der Waals surface area (Å²) >= 11 is 0. The van der Waals surface area contributed by atoms with Crippen molar-refractivity contribution in [3.63, 3.8) is 0 Å². The van der Waals surface area contributed by atoms with Crippen LogP contribution in [-0.4, -0.2) is 5.66 Å². The van der Waals surface area contributed by atoms with Gasteiger partial charge in [-0.25, -0.2) is 0 Å². The summed E-state index contributed by atoms with van der Waals surface area (Å²) in [6.07, 6.45) is 0.807. The van der Waals surface area contributed by atoms with Crippen LogP contribution in [0.1, 0.15) is 12.5 Å². The smallest absolute Gasteiger partial charge is 0.146 e. The highest BCUT2D eigenvalue weighted by Gasteiger charge is 2.33. The third kappa shape index (κ3) is 3.30. The van der Waals surface area contributed by atoms with Gasteiger partial charge in [-0.3, -0.25) is 0 Å².